The number of ether oxygens (including phenoxy) is 1. The molecule has 1 aromatic rings. The van der Waals surface area contributed by atoms with Crippen molar-refractivity contribution >= 4 is 31.3 Å². The van der Waals surface area contributed by atoms with Gasteiger partial charge in [0.1, 0.15) is 12.1 Å². The first-order valence-corrected chi connectivity index (χ1v) is 11.2. The summed E-state index contributed by atoms with van der Waals surface area (Å²) in [6.45, 7) is 6.04. The number of aryl methyl sites for hydroxylation is 1. The smallest absolute Gasteiger partial charge is 0.144 e. The average molecular weight is 386 g/mol. The largest absolute Gasteiger partial charge is 0.382 e. The van der Waals surface area contributed by atoms with Crippen molar-refractivity contribution in [3.8, 4) is 0 Å². The second-order valence-electron chi connectivity index (χ2n) is 6.04. The van der Waals surface area contributed by atoms with Gasteiger partial charge in [0.2, 0.25) is 0 Å². The zero-order chi connectivity index (χ0) is 15.8. The summed E-state index contributed by atoms with van der Waals surface area (Å²) in [5.41, 5.74) is 2.09. The van der Waals surface area contributed by atoms with Gasteiger partial charge in [-0.3, -0.25) is 0 Å². The normalized spacial score (nSPS) is 22.3. The minimum atomic E-state index is 0.0465. The molecule has 0 aromatic carbocycles. The van der Waals surface area contributed by atoms with E-state index in [0.717, 1.165) is 41.2 Å². The highest BCUT2D eigenvalue weighted by molar-refractivity contribution is 9.10. The Morgan fingerprint density at radius 1 is 1.27 bits per heavy atom. The van der Waals surface area contributed by atoms with Gasteiger partial charge in [0.25, 0.3) is 0 Å². The second kappa shape index (κ2) is 9.63. The molecule has 124 valence electrons. The summed E-state index contributed by atoms with van der Waals surface area (Å²) >= 11 is 3.63. The zero-order valence-electron chi connectivity index (χ0n) is 13.8. The van der Waals surface area contributed by atoms with E-state index < -0.39 is 0 Å². The van der Waals surface area contributed by atoms with Gasteiger partial charge in [-0.2, -0.15) is 0 Å². The first-order valence-electron chi connectivity index (χ1n) is 8.58. The molecule has 6 heteroatoms. The molecule has 1 fully saturated rings. The van der Waals surface area contributed by atoms with E-state index in [0.29, 0.717) is 6.04 Å². The van der Waals surface area contributed by atoms with Gasteiger partial charge in [0, 0.05) is 28.8 Å². The van der Waals surface area contributed by atoms with Gasteiger partial charge in [0.15, 0.2) is 0 Å². The van der Waals surface area contributed by atoms with Crippen molar-refractivity contribution in [1.29, 1.82) is 0 Å². The molecule has 0 saturated heterocycles. The fraction of sp³-hybridized carbons (Fsp3) is 0.750. The van der Waals surface area contributed by atoms with E-state index in [1.54, 1.807) is 6.33 Å². The highest BCUT2D eigenvalue weighted by Crippen LogP contribution is 2.32. The number of anilines is 1. The average Bonchev–Trinajstić information content (AvgIpc) is 2.55. The first-order chi connectivity index (χ1) is 10.7. The van der Waals surface area contributed by atoms with E-state index in [-0.39, 0.29) is 9.52 Å². The summed E-state index contributed by atoms with van der Waals surface area (Å²) < 4.78 is 6.50. The molecule has 0 atom stereocenters. The number of halogens is 1. The number of aromatic nitrogens is 2. The van der Waals surface area contributed by atoms with E-state index in [1.807, 2.05) is 0 Å². The van der Waals surface area contributed by atoms with Crippen LogP contribution in [0.25, 0.3) is 0 Å². The Balaban J connectivity index is 1.75. The van der Waals surface area contributed by atoms with Gasteiger partial charge in [0.05, 0.1) is 10.2 Å². The summed E-state index contributed by atoms with van der Waals surface area (Å²) in [4.78, 5) is 8.70. The fourth-order valence-electron chi connectivity index (χ4n) is 3.16. The number of hydrogen-bond acceptors (Lipinski definition) is 4. The summed E-state index contributed by atoms with van der Waals surface area (Å²) in [6.07, 6.45) is 7.88. The lowest BCUT2D eigenvalue weighted by molar-refractivity contribution is 0.161. The lowest BCUT2D eigenvalue weighted by atomic mass is 9.95. The monoisotopic (exact) mass is 385 g/mol. The fourth-order valence-corrected chi connectivity index (χ4v) is 5.76. The molecule has 0 spiro atoms. The first kappa shape index (κ1) is 17.9. The Labute approximate surface area is 144 Å². The molecule has 1 aliphatic carbocycles. The Morgan fingerprint density at radius 2 is 2.05 bits per heavy atom. The molecule has 0 aliphatic heterocycles. The maximum absolute atomic E-state index is 5.46. The maximum atomic E-state index is 5.46. The van der Waals surface area contributed by atoms with Crippen molar-refractivity contribution in [3.63, 3.8) is 0 Å². The Bertz CT molecular complexity index is 453. The van der Waals surface area contributed by atoms with Gasteiger partial charge in [-0.05, 0) is 48.2 Å². The molecule has 1 aliphatic rings. The molecule has 2 rings (SSSR count). The molecule has 1 N–H and O–H groups in total. The van der Waals surface area contributed by atoms with Crippen LogP contribution < -0.4 is 5.32 Å². The third-order valence-electron chi connectivity index (χ3n) is 4.49. The number of rotatable bonds is 8. The van der Waals surface area contributed by atoms with Crippen LogP contribution in [-0.4, -0.2) is 38.7 Å². The molecule has 0 bridgehead atoms. The van der Waals surface area contributed by atoms with Crippen LogP contribution in [0.2, 0.25) is 11.6 Å². The molecule has 22 heavy (non-hydrogen) atoms. The Kier molecular flexibility index (Phi) is 7.82. The zero-order valence-corrected chi connectivity index (χ0v) is 16.8. The molecule has 0 unspecified atom stereocenters. The predicted octanol–water partition coefficient (Wildman–Crippen LogP) is 3.57. The maximum Gasteiger partial charge on any atom is 0.144 e. The summed E-state index contributed by atoms with van der Waals surface area (Å²) in [5.74, 6) is 0.962. The van der Waals surface area contributed by atoms with Crippen molar-refractivity contribution in [3.05, 3.63) is 16.5 Å². The van der Waals surface area contributed by atoms with Crippen LogP contribution >= 0.6 is 15.9 Å². The van der Waals surface area contributed by atoms with Gasteiger partial charge in [-0.25, -0.2) is 9.97 Å². The highest BCUT2D eigenvalue weighted by Gasteiger charge is 2.22. The van der Waals surface area contributed by atoms with Gasteiger partial charge in [-0.15, -0.1) is 0 Å². The standard InChI is InChI=1S/C16H28BrN3OSi/c1-3-14-15(17)16(19-11-18-14)20-12-5-7-13(8-6-12)22-10-9-21-4-2/h11-13H,3-10,22H2,1-2H3,(H,18,19,20). The topological polar surface area (TPSA) is 47.0 Å². The lowest BCUT2D eigenvalue weighted by Gasteiger charge is -2.29. The van der Waals surface area contributed by atoms with Crippen LogP contribution in [0.1, 0.15) is 45.2 Å². The van der Waals surface area contributed by atoms with Crippen LogP contribution in [0.15, 0.2) is 10.8 Å². The van der Waals surface area contributed by atoms with Crippen molar-refractivity contribution in [2.75, 3.05) is 18.5 Å². The van der Waals surface area contributed by atoms with Gasteiger partial charge in [-0.1, -0.05) is 25.3 Å². The lowest BCUT2D eigenvalue weighted by Crippen LogP contribution is -2.27. The number of nitrogens with one attached hydrogen (secondary N) is 1. The van der Waals surface area contributed by atoms with Crippen molar-refractivity contribution in [1.82, 2.24) is 9.97 Å². The van der Waals surface area contributed by atoms with Crippen LogP contribution in [0, 0.1) is 0 Å². The molecule has 1 saturated carbocycles. The summed E-state index contributed by atoms with van der Waals surface area (Å²) in [5, 5.41) is 3.61. The SMILES string of the molecule is CCOCC[SiH2]C1CCC(Nc2ncnc(CC)c2Br)CC1. The van der Waals surface area contributed by atoms with Gasteiger partial charge >= 0.3 is 0 Å². The van der Waals surface area contributed by atoms with Crippen LogP contribution in [-0.2, 0) is 11.2 Å². The molecular weight excluding hydrogens is 358 g/mol. The number of hydrogen-bond donors (Lipinski definition) is 1. The number of nitrogens with zero attached hydrogens (tertiary/aromatic N) is 2. The minimum Gasteiger partial charge on any atom is -0.382 e. The third-order valence-corrected chi connectivity index (χ3v) is 7.65. The van der Waals surface area contributed by atoms with E-state index >= 15 is 0 Å². The Morgan fingerprint density at radius 3 is 2.73 bits per heavy atom. The van der Waals surface area contributed by atoms with Crippen molar-refractivity contribution < 1.29 is 4.74 Å². The minimum absolute atomic E-state index is 0.0465. The molecule has 0 radical (unpaired) electrons. The van der Waals surface area contributed by atoms with Crippen LogP contribution in [0.4, 0.5) is 5.82 Å². The Hall–Kier alpha value is -0.463. The predicted molar refractivity (Wildman–Crippen MR) is 98.6 cm³/mol. The quantitative estimate of drug-likeness (QED) is 0.548. The van der Waals surface area contributed by atoms with E-state index in [9.17, 15) is 0 Å². The third kappa shape index (κ3) is 5.32. The van der Waals surface area contributed by atoms with Gasteiger partial charge < -0.3 is 10.1 Å². The molecule has 1 aromatic heterocycles. The molecule has 0 amide bonds. The second-order valence-corrected chi connectivity index (χ2v) is 9.27. The summed E-state index contributed by atoms with van der Waals surface area (Å²) in [6, 6.07) is 1.90. The molecular formula is C16H28BrN3OSi. The van der Waals surface area contributed by atoms with E-state index in [4.69, 9.17) is 4.74 Å². The van der Waals surface area contributed by atoms with Crippen LogP contribution in [0.5, 0.6) is 0 Å². The van der Waals surface area contributed by atoms with Crippen LogP contribution in [0.3, 0.4) is 0 Å². The molecule has 4 nitrogen and oxygen atoms in total. The van der Waals surface area contributed by atoms with E-state index in [1.165, 1.54) is 31.7 Å². The van der Waals surface area contributed by atoms with Crippen molar-refractivity contribution in [2.24, 2.45) is 0 Å². The van der Waals surface area contributed by atoms with Crippen molar-refractivity contribution in [2.45, 2.75) is 63.6 Å². The van der Waals surface area contributed by atoms with E-state index in [2.05, 4.69) is 45.1 Å². The highest BCUT2D eigenvalue weighted by atomic mass is 79.9. The molecule has 1 heterocycles. The summed E-state index contributed by atoms with van der Waals surface area (Å²) in [7, 11) is 0.0465.